The second-order valence-electron chi connectivity index (χ2n) is 6.22. The molecule has 0 spiro atoms. The first-order valence-corrected chi connectivity index (χ1v) is 8.79. The van der Waals surface area contributed by atoms with Crippen molar-refractivity contribution < 1.29 is 18.7 Å². The number of hydrogen-bond acceptors (Lipinski definition) is 5. The van der Waals surface area contributed by atoms with Crippen LogP contribution in [0, 0.1) is 0 Å². The fraction of sp³-hybridized carbons (Fsp3) is 0.211. The lowest BCUT2D eigenvalue weighted by Gasteiger charge is -2.10. The number of carbonyl (C=O) groups excluding carboxylic acids is 2. The second kappa shape index (κ2) is 7.28. The third-order valence-corrected chi connectivity index (χ3v) is 4.49. The van der Waals surface area contributed by atoms with E-state index in [1.165, 1.54) is 12.3 Å². The molecule has 1 aliphatic rings. The number of rotatable bonds is 5. The number of furan rings is 1. The maximum Gasteiger partial charge on any atom is 0.375 e. The van der Waals surface area contributed by atoms with Gasteiger partial charge < -0.3 is 14.5 Å². The maximum absolute atomic E-state index is 12.3. The molecule has 1 fully saturated rings. The number of aromatic nitrogens is 2. The van der Waals surface area contributed by atoms with Gasteiger partial charge in [-0.3, -0.25) is 9.48 Å². The highest BCUT2D eigenvalue weighted by Crippen LogP contribution is 2.26. The third kappa shape index (κ3) is 3.88. The Balaban J connectivity index is 1.38. The molecule has 7 nitrogen and oxygen atoms in total. The van der Waals surface area contributed by atoms with E-state index in [0.717, 1.165) is 5.56 Å². The Hall–Kier alpha value is -3.06. The van der Waals surface area contributed by atoms with Crippen molar-refractivity contribution in [1.82, 2.24) is 15.1 Å². The van der Waals surface area contributed by atoms with E-state index in [4.69, 9.17) is 20.8 Å². The summed E-state index contributed by atoms with van der Waals surface area (Å²) < 4.78 is 12.4. The number of amides is 1. The van der Waals surface area contributed by atoms with Gasteiger partial charge in [0.25, 0.3) is 5.91 Å². The Morgan fingerprint density at radius 1 is 1.30 bits per heavy atom. The SMILES string of the molecule is O=C(OC1CC(c2ccccc2)NC1=O)c1ccc(Cn2cc(Cl)cn2)o1. The zero-order valence-electron chi connectivity index (χ0n) is 14.2. The molecule has 1 N–H and O–H groups in total. The Labute approximate surface area is 159 Å². The van der Waals surface area contributed by atoms with E-state index >= 15 is 0 Å². The lowest BCUT2D eigenvalue weighted by atomic mass is 10.1. The summed E-state index contributed by atoms with van der Waals surface area (Å²) in [6, 6.07) is 12.6. The molecular weight excluding hydrogens is 370 g/mol. The number of carbonyl (C=O) groups is 2. The predicted octanol–water partition coefficient (Wildman–Crippen LogP) is 2.96. The van der Waals surface area contributed by atoms with E-state index < -0.39 is 12.1 Å². The van der Waals surface area contributed by atoms with Gasteiger partial charge in [0, 0.05) is 12.6 Å². The second-order valence-corrected chi connectivity index (χ2v) is 6.66. The van der Waals surface area contributed by atoms with Crippen LogP contribution in [0.25, 0.3) is 0 Å². The number of nitrogens with zero attached hydrogens (tertiary/aromatic N) is 2. The van der Waals surface area contributed by atoms with Crippen LogP contribution >= 0.6 is 11.6 Å². The fourth-order valence-corrected chi connectivity index (χ4v) is 3.15. The summed E-state index contributed by atoms with van der Waals surface area (Å²) in [6.45, 7) is 0.333. The van der Waals surface area contributed by atoms with Crippen LogP contribution in [0.15, 0.2) is 59.3 Å². The van der Waals surface area contributed by atoms with Crippen molar-refractivity contribution in [1.29, 1.82) is 0 Å². The molecule has 138 valence electrons. The average molecular weight is 386 g/mol. The first kappa shape index (κ1) is 17.4. The largest absolute Gasteiger partial charge is 0.452 e. The standard InChI is InChI=1S/C19H16ClN3O4/c20-13-9-21-23(10-13)11-14-6-7-16(26-14)19(25)27-17-8-15(22-18(17)24)12-4-2-1-3-5-12/h1-7,9-10,15,17H,8,11H2,(H,22,24). The van der Waals surface area contributed by atoms with Gasteiger partial charge in [-0.25, -0.2) is 4.79 Å². The van der Waals surface area contributed by atoms with E-state index in [1.807, 2.05) is 30.3 Å². The minimum atomic E-state index is -0.846. The smallest absolute Gasteiger partial charge is 0.375 e. The normalized spacial score (nSPS) is 19.1. The summed E-state index contributed by atoms with van der Waals surface area (Å²) in [4.78, 5) is 24.5. The molecule has 1 aromatic carbocycles. The van der Waals surface area contributed by atoms with Crippen molar-refractivity contribution in [2.24, 2.45) is 0 Å². The van der Waals surface area contributed by atoms with Gasteiger partial charge in [-0.05, 0) is 17.7 Å². The van der Waals surface area contributed by atoms with E-state index in [9.17, 15) is 9.59 Å². The van der Waals surface area contributed by atoms with Gasteiger partial charge in [-0.15, -0.1) is 0 Å². The molecule has 1 aliphatic heterocycles. The Bertz CT molecular complexity index is 966. The van der Waals surface area contributed by atoms with Gasteiger partial charge in [0.15, 0.2) is 6.10 Å². The van der Waals surface area contributed by atoms with E-state index in [0.29, 0.717) is 23.7 Å². The summed E-state index contributed by atoms with van der Waals surface area (Å²) in [5.41, 5.74) is 0.975. The number of nitrogens with one attached hydrogen (secondary N) is 1. The topological polar surface area (TPSA) is 86.4 Å². The van der Waals surface area contributed by atoms with Crippen molar-refractivity contribution in [3.8, 4) is 0 Å². The van der Waals surface area contributed by atoms with E-state index in [-0.39, 0.29) is 17.7 Å². The first-order valence-electron chi connectivity index (χ1n) is 8.41. The first-order chi connectivity index (χ1) is 13.1. The average Bonchev–Trinajstić information content (AvgIpc) is 3.38. The van der Waals surface area contributed by atoms with Crippen LogP contribution in [0.3, 0.4) is 0 Å². The van der Waals surface area contributed by atoms with Gasteiger partial charge in [0.2, 0.25) is 5.76 Å². The zero-order valence-corrected chi connectivity index (χ0v) is 14.9. The highest BCUT2D eigenvalue weighted by Gasteiger charge is 2.36. The lowest BCUT2D eigenvalue weighted by molar-refractivity contribution is -0.126. The molecular formula is C19H16ClN3O4. The molecule has 2 unspecified atom stereocenters. The van der Waals surface area contributed by atoms with Gasteiger partial charge in [0.1, 0.15) is 5.76 Å². The molecule has 0 aliphatic carbocycles. The quantitative estimate of drug-likeness (QED) is 0.682. The van der Waals surface area contributed by atoms with Crippen molar-refractivity contribution in [3.05, 3.63) is 77.0 Å². The van der Waals surface area contributed by atoms with Crippen LogP contribution in [0.1, 0.15) is 34.3 Å². The lowest BCUT2D eigenvalue weighted by Crippen LogP contribution is -2.28. The number of hydrogen-bond donors (Lipinski definition) is 1. The number of esters is 1. The fourth-order valence-electron chi connectivity index (χ4n) is 3.00. The molecule has 2 atom stereocenters. The summed E-state index contributed by atoms with van der Waals surface area (Å²) in [7, 11) is 0. The van der Waals surface area contributed by atoms with Crippen LogP contribution in [0.5, 0.6) is 0 Å². The highest BCUT2D eigenvalue weighted by molar-refractivity contribution is 6.30. The molecule has 0 saturated carbocycles. The molecule has 1 saturated heterocycles. The van der Waals surface area contributed by atoms with Crippen LogP contribution in [0.2, 0.25) is 5.02 Å². The molecule has 8 heteroatoms. The Morgan fingerprint density at radius 2 is 2.11 bits per heavy atom. The van der Waals surface area contributed by atoms with Crippen LogP contribution < -0.4 is 5.32 Å². The third-order valence-electron chi connectivity index (χ3n) is 4.29. The van der Waals surface area contributed by atoms with Gasteiger partial charge in [0.05, 0.1) is 23.8 Å². The molecule has 0 radical (unpaired) electrons. The molecule has 3 aromatic rings. The summed E-state index contributed by atoms with van der Waals surface area (Å²) >= 11 is 5.82. The zero-order chi connectivity index (χ0) is 18.8. The summed E-state index contributed by atoms with van der Waals surface area (Å²) in [6.07, 6.45) is 2.70. The number of benzene rings is 1. The Kier molecular flexibility index (Phi) is 4.68. The van der Waals surface area contributed by atoms with E-state index in [1.54, 1.807) is 16.9 Å². The minimum Gasteiger partial charge on any atom is -0.452 e. The van der Waals surface area contributed by atoms with Crippen LogP contribution in [-0.2, 0) is 16.1 Å². The van der Waals surface area contributed by atoms with Crippen molar-refractivity contribution in [3.63, 3.8) is 0 Å². The van der Waals surface area contributed by atoms with Gasteiger partial charge in [-0.1, -0.05) is 41.9 Å². The van der Waals surface area contributed by atoms with Gasteiger partial charge >= 0.3 is 5.97 Å². The minimum absolute atomic E-state index is 0.0409. The molecule has 2 aromatic heterocycles. The summed E-state index contributed by atoms with van der Waals surface area (Å²) in [5, 5.41) is 7.41. The molecule has 1 amide bonds. The Morgan fingerprint density at radius 3 is 2.85 bits per heavy atom. The van der Waals surface area contributed by atoms with Gasteiger partial charge in [-0.2, -0.15) is 5.10 Å². The molecule has 3 heterocycles. The molecule has 27 heavy (non-hydrogen) atoms. The number of ether oxygens (including phenoxy) is 1. The summed E-state index contributed by atoms with van der Waals surface area (Å²) in [5.74, 6) is -0.414. The molecule has 4 rings (SSSR count). The van der Waals surface area contributed by atoms with Crippen LogP contribution in [0.4, 0.5) is 0 Å². The van der Waals surface area contributed by atoms with Crippen molar-refractivity contribution in [2.75, 3.05) is 0 Å². The maximum atomic E-state index is 12.3. The van der Waals surface area contributed by atoms with E-state index in [2.05, 4.69) is 10.4 Å². The predicted molar refractivity (Wildman–Crippen MR) is 96.2 cm³/mol. The monoisotopic (exact) mass is 385 g/mol. The highest BCUT2D eigenvalue weighted by atomic mass is 35.5. The van der Waals surface area contributed by atoms with Crippen molar-refractivity contribution >= 4 is 23.5 Å². The number of halogens is 1. The van der Waals surface area contributed by atoms with Crippen LogP contribution in [-0.4, -0.2) is 27.8 Å². The van der Waals surface area contributed by atoms with Crippen molar-refractivity contribution in [2.45, 2.75) is 25.1 Å². The molecule has 0 bridgehead atoms.